The molecule has 1 aliphatic rings. The summed E-state index contributed by atoms with van der Waals surface area (Å²) in [5, 5.41) is 6.95. The van der Waals surface area contributed by atoms with Crippen LogP contribution < -0.4 is 10.0 Å². The van der Waals surface area contributed by atoms with Gasteiger partial charge >= 0.3 is 0 Å². The molecule has 1 saturated heterocycles. The van der Waals surface area contributed by atoms with Crippen molar-refractivity contribution in [2.75, 3.05) is 4.90 Å². The van der Waals surface area contributed by atoms with Crippen LogP contribution in [-0.2, 0) is 26.2 Å². The monoisotopic (exact) mass is 459 g/mol. The van der Waals surface area contributed by atoms with Gasteiger partial charge in [-0.3, -0.25) is 14.4 Å². The second-order valence-corrected chi connectivity index (χ2v) is 9.41. The highest BCUT2D eigenvalue weighted by atomic mass is 32.2. The van der Waals surface area contributed by atoms with Gasteiger partial charge in [0.2, 0.25) is 15.9 Å². The second kappa shape index (κ2) is 8.10. The average molecular weight is 460 g/mol. The number of rotatable bonds is 6. The average Bonchev–Trinajstić information content (AvgIpc) is 3.48. The van der Waals surface area contributed by atoms with Crippen molar-refractivity contribution < 1.29 is 27.2 Å². The number of imide groups is 1. The Kier molecular flexibility index (Phi) is 5.48. The molecule has 2 N–H and O–H groups in total. The summed E-state index contributed by atoms with van der Waals surface area (Å²) in [7, 11) is -3.91. The maximum atomic E-state index is 13.2. The molecular formula is C20H17N3O6S2. The zero-order valence-electron chi connectivity index (χ0n) is 16.0. The number of hydrogen-bond acceptors (Lipinski definition) is 7. The van der Waals surface area contributed by atoms with Gasteiger partial charge in [-0.2, -0.15) is 0 Å². The van der Waals surface area contributed by atoms with Crippen LogP contribution in [0.1, 0.15) is 21.9 Å². The quantitative estimate of drug-likeness (QED) is 0.561. The number of anilines is 1. The maximum Gasteiger partial charge on any atom is 0.290 e. The Morgan fingerprint density at radius 3 is 2.48 bits per heavy atom. The number of amides is 3. The Bertz CT molecular complexity index is 1220. The molecule has 4 rings (SSSR count). The van der Waals surface area contributed by atoms with Crippen LogP contribution >= 0.6 is 11.3 Å². The Morgan fingerprint density at radius 1 is 1.16 bits per heavy atom. The van der Waals surface area contributed by atoms with Gasteiger partial charge in [-0.05, 0) is 47.8 Å². The fraction of sp³-hybridized carbons (Fsp3) is 0.150. The zero-order chi connectivity index (χ0) is 22.2. The third-order valence-electron chi connectivity index (χ3n) is 4.82. The van der Waals surface area contributed by atoms with E-state index < -0.39 is 33.8 Å². The topological polar surface area (TPSA) is 131 Å². The first-order valence-electron chi connectivity index (χ1n) is 9.12. The largest absolute Gasteiger partial charge is 0.459 e. The molecule has 1 aliphatic heterocycles. The molecule has 3 aromatic rings. The summed E-state index contributed by atoms with van der Waals surface area (Å²) in [4.78, 5) is 41.9. The minimum Gasteiger partial charge on any atom is -0.459 e. The van der Waals surface area contributed by atoms with Crippen LogP contribution in [0.4, 0.5) is 5.69 Å². The van der Waals surface area contributed by atoms with E-state index in [0.29, 0.717) is 0 Å². The zero-order valence-corrected chi connectivity index (χ0v) is 17.6. The van der Waals surface area contributed by atoms with Gasteiger partial charge in [0.05, 0.1) is 29.8 Å². The molecule has 160 valence electrons. The Balaban J connectivity index is 1.65. The Labute approximate surface area is 181 Å². The molecule has 0 radical (unpaired) electrons. The first-order valence-corrected chi connectivity index (χ1v) is 11.5. The highest BCUT2D eigenvalue weighted by Crippen LogP contribution is 2.29. The highest BCUT2D eigenvalue weighted by Gasteiger charge is 2.45. The summed E-state index contributed by atoms with van der Waals surface area (Å²) in [6.07, 6.45) is 1.16. The smallest absolute Gasteiger partial charge is 0.290 e. The first-order chi connectivity index (χ1) is 14.8. The Morgan fingerprint density at radius 2 is 1.90 bits per heavy atom. The van der Waals surface area contributed by atoms with E-state index in [9.17, 15) is 22.8 Å². The van der Waals surface area contributed by atoms with E-state index in [1.807, 2.05) is 17.5 Å². The number of benzene rings is 1. The molecule has 11 heteroatoms. The van der Waals surface area contributed by atoms with Gasteiger partial charge in [0.15, 0.2) is 5.76 Å². The molecule has 1 atom stereocenters. The summed E-state index contributed by atoms with van der Waals surface area (Å²) in [6, 6.07) is 10.8. The highest BCUT2D eigenvalue weighted by molar-refractivity contribution is 7.89. The third kappa shape index (κ3) is 4.15. The van der Waals surface area contributed by atoms with Crippen LogP contribution in [0.5, 0.6) is 0 Å². The van der Waals surface area contributed by atoms with E-state index in [2.05, 4.69) is 0 Å². The molecule has 0 bridgehead atoms. The number of carbonyl (C=O) groups excluding carboxylic acids is 3. The number of hydrogen-bond donors (Lipinski definition) is 1. The summed E-state index contributed by atoms with van der Waals surface area (Å²) >= 11 is 1.42. The summed E-state index contributed by atoms with van der Waals surface area (Å²) in [5.41, 5.74) is 0.200. The lowest BCUT2D eigenvalue weighted by Gasteiger charge is -2.26. The molecule has 31 heavy (non-hydrogen) atoms. The predicted molar refractivity (Wildman–Crippen MR) is 112 cm³/mol. The van der Waals surface area contributed by atoms with Gasteiger partial charge in [-0.25, -0.2) is 18.5 Å². The van der Waals surface area contributed by atoms with Crippen molar-refractivity contribution in [2.45, 2.75) is 23.9 Å². The van der Waals surface area contributed by atoms with Gasteiger partial charge in [0.25, 0.3) is 11.8 Å². The third-order valence-corrected chi connectivity index (χ3v) is 6.61. The molecule has 1 aromatic carbocycles. The number of furan rings is 1. The number of nitrogens with two attached hydrogens (primary N) is 1. The van der Waals surface area contributed by atoms with Crippen molar-refractivity contribution in [3.63, 3.8) is 0 Å². The van der Waals surface area contributed by atoms with Crippen LogP contribution in [0, 0.1) is 0 Å². The minimum absolute atomic E-state index is 0.0627. The number of primary sulfonamides is 1. The lowest BCUT2D eigenvalue weighted by Crippen LogP contribution is -2.44. The van der Waals surface area contributed by atoms with Crippen LogP contribution in [0.25, 0.3) is 0 Å². The van der Waals surface area contributed by atoms with Crippen molar-refractivity contribution in [2.24, 2.45) is 5.14 Å². The van der Waals surface area contributed by atoms with Gasteiger partial charge in [0.1, 0.15) is 6.04 Å². The summed E-state index contributed by atoms with van der Waals surface area (Å²) < 4.78 is 28.1. The van der Waals surface area contributed by atoms with Crippen LogP contribution in [0.2, 0.25) is 0 Å². The lowest BCUT2D eigenvalue weighted by atomic mass is 10.2. The number of nitrogens with zero attached hydrogens (tertiary/aromatic N) is 2. The van der Waals surface area contributed by atoms with E-state index in [-0.39, 0.29) is 29.3 Å². The van der Waals surface area contributed by atoms with Crippen LogP contribution in [0.15, 0.2) is 69.5 Å². The number of carbonyl (C=O) groups is 3. The molecule has 3 heterocycles. The molecule has 2 aromatic heterocycles. The summed E-state index contributed by atoms with van der Waals surface area (Å²) in [5.74, 6) is -1.52. The van der Waals surface area contributed by atoms with Gasteiger partial charge in [0, 0.05) is 4.88 Å². The molecular weight excluding hydrogens is 442 g/mol. The van der Waals surface area contributed by atoms with E-state index in [1.165, 1.54) is 52.8 Å². The summed E-state index contributed by atoms with van der Waals surface area (Å²) in [6.45, 7) is 0.138. The fourth-order valence-corrected chi connectivity index (χ4v) is 4.57. The SMILES string of the molecule is NS(=O)(=O)c1ccc(N2C(=O)CC(N(Cc3cccs3)C(=O)c3ccco3)C2=O)cc1. The first kappa shape index (κ1) is 21.0. The normalized spacial score (nSPS) is 16.7. The molecule has 3 amide bonds. The van der Waals surface area contributed by atoms with E-state index >= 15 is 0 Å². The number of thiophene rings is 1. The van der Waals surface area contributed by atoms with E-state index in [1.54, 1.807) is 6.07 Å². The Hall–Kier alpha value is -3.28. The minimum atomic E-state index is -3.91. The van der Waals surface area contributed by atoms with Crippen molar-refractivity contribution in [3.8, 4) is 0 Å². The lowest BCUT2D eigenvalue weighted by molar-refractivity contribution is -0.122. The molecule has 1 fully saturated rings. The van der Waals surface area contributed by atoms with E-state index in [0.717, 1.165) is 9.78 Å². The molecule has 0 aliphatic carbocycles. The fourth-order valence-electron chi connectivity index (χ4n) is 3.35. The maximum absolute atomic E-state index is 13.2. The molecule has 0 saturated carbocycles. The predicted octanol–water partition coefficient (Wildman–Crippen LogP) is 1.96. The molecule has 0 spiro atoms. The second-order valence-electron chi connectivity index (χ2n) is 6.82. The molecule has 1 unspecified atom stereocenters. The van der Waals surface area contributed by atoms with Crippen molar-refractivity contribution >= 4 is 44.8 Å². The van der Waals surface area contributed by atoms with Crippen LogP contribution in [0.3, 0.4) is 0 Å². The van der Waals surface area contributed by atoms with Gasteiger partial charge in [-0.15, -0.1) is 11.3 Å². The van der Waals surface area contributed by atoms with Crippen molar-refractivity contribution in [1.82, 2.24) is 4.90 Å². The van der Waals surface area contributed by atoms with E-state index in [4.69, 9.17) is 9.56 Å². The van der Waals surface area contributed by atoms with Crippen molar-refractivity contribution in [1.29, 1.82) is 0 Å². The van der Waals surface area contributed by atoms with Crippen LogP contribution in [-0.4, -0.2) is 37.1 Å². The van der Waals surface area contributed by atoms with Gasteiger partial charge in [-0.1, -0.05) is 6.07 Å². The number of sulfonamides is 1. The van der Waals surface area contributed by atoms with Gasteiger partial charge < -0.3 is 9.32 Å². The molecule has 9 nitrogen and oxygen atoms in total. The standard InChI is InChI=1S/C20H17N3O6S2/c21-31(27,28)15-7-5-13(6-8-15)23-18(24)11-16(19(23)25)22(12-14-3-2-10-30-14)20(26)17-4-1-9-29-17/h1-10,16H,11-12H2,(H2,21,27,28). The van der Waals surface area contributed by atoms with Crippen molar-refractivity contribution in [3.05, 3.63) is 70.8 Å².